The van der Waals surface area contributed by atoms with Crippen molar-refractivity contribution in [3.63, 3.8) is 0 Å². The lowest BCUT2D eigenvalue weighted by Gasteiger charge is -2.22. The Morgan fingerprint density at radius 1 is 1.19 bits per heavy atom. The first-order chi connectivity index (χ1) is 10.3. The number of benzene rings is 1. The van der Waals surface area contributed by atoms with Crippen molar-refractivity contribution in [1.82, 2.24) is 5.32 Å². The van der Waals surface area contributed by atoms with Gasteiger partial charge in [-0.1, -0.05) is 37.1 Å². The van der Waals surface area contributed by atoms with Crippen molar-refractivity contribution in [2.24, 2.45) is 0 Å². The molecule has 0 aliphatic heterocycles. The average molecular weight is 287 g/mol. The Labute approximate surface area is 127 Å². The fraction of sp³-hybridized carbons (Fsp3) is 0.611. The lowest BCUT2D eigenvalue weighted by Crippen LogP contribution is -2.36. The summed E-state index contributed by atoms with van der Waals surface area (Å²) in [6, 6.07) is 8.67. The van der Waals surface area contributed by atoms with Gasteiger partial charge < -0.3 is 4.74 Å². The van der Waals surface area contributed by atoms with Crippen molar-refractivity contribution in [2.45, 2.75) is 63.5 Å². The fourth-order valence-electron chi connectivity index (χ4n) is 3.23. The van der Waals surface area contributed by atoms with E-state index in [0.717, 1.165) is 24.3 Å². The summed E-state index contributed by atoms with van der Waals surface area (Å²) in [5.74, 6) is 0.603. The third kappa shape index (κ3) is 3.65. The number of carbonyl (C=O) groups is 1. The van der Waals surface area contributed by atoms with Gasteiger partial charge >= 0.3 is 5.97 Å². The number of esters is 1. The predicted octanol–water partition coefficient (Wildman–Crippen LogP) is 3.70. The standard InChI is InChI=1S/C18H25NO2/c1-2-21-18(20)17(19-16-5-3-4-6-16)15-11-9-14(10-12-15)13-7-8-13/h9-13,16-17,19H,2-8H2,1H3. The molecule has 0 spiro atoms. The highest BCUT2D eigenvalue weighted by atomic mass is 16.5. The molecule has 2 aliphatic carbocycles. The number of nitrogens with one attached hydrogen (secondary N) is 1. The molecule has 0 heterocycles. The van der Waals surface area contributed by atoms with Gasteiger partial charge in [0.15, 0.2) is 0 Å². The van der Waals surface area contributed by atoms with Crippen LogP contribution in [0.15, 0.2) is 24.3 Å². The molecule has 1 unspecified atom stereocenters. The first-order valence-corrected chi connectivity index (χ1v) is 8.30. The molecule has 2 aliphatic rings. The van der Waals surface area contributed by atoms with Crippen LogP contribution in [0.1, 0.15) is 68.5 Å². The Balaban J connectivity index is 1.73. The topological polar surface area (TPSA) is 38.3 Å². The SMILES string of the molecule is CCOC(=O)C(NC1CCCC1)c1ccc(C2CC2)cc1. The Morgan fingerprint density at radius 3 is 2.43 bits per heavy atom. The van der Waals surface area contributed by atoms with E-state index in [-0.39, 0.29) is 12.0 Å². The Bertz CT molecular complexity index is 472. The molecule has 0 radical (unpaired) electrons. The van der Waals surface area contributed by atoms with Crippen LogP contribution in [0.3, 0.4) is 0 Å². The highest BCUT2D eigenvalue weighted by Crippen LogP contribution is 2.40. The molecule has 2 saturated carbocycles. The molecule has 1 N–H and O–H groups in total. The van der Waals surface area contributed by atoms with E-state index in [0.29, 0.717) is 12.6 Å². The molecule has 0 aromatic heterocycles. The van der Waals surface area contributed by atoms with Crippen LogP contribution >= 0.6 is 0 Å². The summed E-state index contributed by atoms with van der Waals surface area (Å²) >= 11 is 0. The van der Waals surface area contributed by atoms with E-state index >= 15 is 0 Å². The summed E-state index contributed by atoms with van der Waals surface area (Å²) in [6.07, 6.45) is 7.45. The number of hydrogen-bond acceptors (Lipinski definition) is 3. The first-order valence-electron chi connectivity index (χ1n) is 8.30. The van der Waals surface area contributed by atoms with Gasteiger partial charge in [0.05, 0.1) is 6.61 Å². The van der Waals surface area contributed by atoms with E-state index in [1.165, 1.54) is 31.2 Å². The van der Waals surface area contributed by atoms with Crippen LogP contribution in [-0.4, -0.2) is 18.6 Å². The van der Waals surface area contributed by atoms with Gasteiger partial charge in [-0.3, -0.25) is 5.32 Å². The average Bonchev–Trinajstić information content (AvgIpc) is 3.22. The third-order valence-corrected chi connectivity index (χ3v) is 4.60. The Kier molecular flexibility index (Phi) is 4.59. The first kappa shape index (κ1) is 14.6. The largest absolute Gasteiger partial charge is 0.465 e. The minimum absolute atomic E-state index is 0.149. The van der Waals surface area contributed by atoms with E-state index in [4.69, 9.17) is 4.74 Å². The Morgan fingerprint density at radius 2 is 1.86 bits per heavy atom. The molecule has 114 valence electrons. The minimum Gasteiger partial charge on any atom is -0.465 e. The minimum atomic E-state index is -0.318. The van der Waals surface area contributed by atoms with E-state index in [9.17, 15) is 4.79 Å². The quantitative estimate of drug-likeness (QED) is 0.811. The number of hydrogen-bond donors (Lipinski definition) is 1. The third-order valence-electron chi connectivity index (χ3n) is 4.60. The van der Waals surface area contributed by atoms with E-state index in [1.54, 1.807) is 0 Å². The lowest BCUT2D eigenvalue weighted by atomic mass is 10.0. The van der Waals surface area contributed by atoms with E-state index in [2.05, 4.69) is 29.6 Å². The zero-order valence-corrected chi connectivity index (χ0v) is 12.8. The fourth-order valence-corrected chi connectivity index (χ4v) is 3.23. The molecule has 3 nitrogen and oxygen atoms in total. The monoisotopic (exact) mass is 287 g/mol. The number of carbonyl (C=O) groups excluding carboxylic acids is 1. The zero-order chi connectivity index (χ0) is 14.7. The van der Waals surface area contributed by atoms with Crippen molar-refractivity contribution < 1.29 is 9.53 Å². The van der Waals surface area contributed by atoms with Crippen LogP contribution < -0.4 is 5.32 Å². The van der Waals surface area contributed by atoms with Gasteiger partial charge in [0, 0.05) is 6.04 Å². The molecule has 3 rings (SSSR count). The summed E-state index contributed by atoms with van der Waals surface area (Å²) in [4.78, 5) is 12.3. The molecule has 3 heteroatoms. The maximum Gasteiger partial charge on any atom is 0.327 e. The molecular weight excluding hydrogens is 262 g/mol. The molecule has 21 heavy (non-hydrogen) atoms. The van der Waals surface area contributed by atoms with Crippen molar-refractivity contribution in [1.29, 1.82) is 0 Å². The van der Waals surface area contributed by atoms with Crippen molar-refractivity contribution in [3.05, 3.63) is 35.4 Å². The maximum absolute atomic E-state index is 12.3. The summed E-state index contributed by atoms with van der Waals surface area (Å²) in [5, 5.41) is 3.51. The number of ether oxygens (including phenoxy) is 1. The van der Waals surface area contributed by atoms with Crippen LogP contribution in [0.2, 0.25) is 0 Å². The van der Waals surface area contributed by atoms with Gasteiger partial charge in [-0.15, -0.1) is 0 Å². The summed E-state index contributed by atoms with van der Waals surface area (Å²) < 4.78 is 5.26. The zero-order valence-electron chi connectivity index (χ0n) is 12.8. The summed E-state index contributed by atoms with van der Waals surface area (Å²) in [7, 11) is 0. The normalized spacial score (nSPS) is 20.4. The second kappa shape index (κ2) is 6.61. The molecule has 1 aromatic carbocycles. The highest BCUT2D eigenvalue weighted by molar-refractivity contribution is 5.77. The second-order valence-corrected chi connectivity index (χ2v) is 6.27. The van der Waals surface area contributed by atoms with Gasteiger partial charge in [-0.2, -0.15) is 0 Å². The molecule has 1 atom stereocenters. The second-order valence-electron chi connectivity index (χ2n) is 6.27. The lowest BCUT2D eigenvalue weighted by molar-refractivity contribution is -0.146. The van der Waals surface area contributed by atoms with Crippen molar-refractivity contribution in [3.8, 4) is 0 Å². The van der Waals surface area contributed by atoms with E-state index < -0.39 is 0 Å². The van der Waals surface area contributed by atoms with Gasteiger partial charge in [0.2, 0.25) is 0 Å². The van der Waals surface area contributed by atoms with Crippen molar-refractivity contribution >= 4 is 5.97 Å². The van der Waals surface area contributed by atoms with Crippen LogP contribution in [0, 0.1) is 0 Å². The molecule has 0 saturated heterocycles. The smallest absolute Gasteiger partial charge is 0.327 e. The predicted molar refractivity (Wildman–Crippen MR) is 83.2 cm³/mol. The molecule has 0 bridgehead atoms. The van der Waals surface area contributed by atoms with E-state index in [1.807, 2.05) is 6.92 Å². The van der Waals surface area contributed by atoms with Crippen LogP contribution in [0.5, 0.6) is 0 Å². The Hall–Kier alpha value is -1.35. The van der Waals surface area contributed by atoms with Gasteiger partial charge in [-0.05, 0) is 49.7 Å². The van der Waals surface area contributed by atoms with Crippen LogP contribution in [0.25, 0.3) is 0 Å². The summed E-state index contributed by atoms with van der Waals surface area (Å²) in [5.41, 5.74) is 2.44. The number of rotatable bonds is 6. The molecular formula is C18H25NO2. The van der Waals surface area contributed by atoms with Crippen LogP contribution in [-0.2, 0) is 9.53 Å². The van der Waals surface area contributed by atoms with Crippen LogP contribution in [0.4, 0.5) is 0 Å². The van der Waals surface area contributed by atoms with Crippen molar-refractivity contribution in [2.75, 3.05) is 6.61 Å². The highest BCUT2D eigenvalue weighted by Gasteiger charge is 2.28. The van der Waals surface area contributed by atoms with Gasteiger partial charge in [0.1, 0.15) is 6.04 Å². The van der Waals surface area contributed by atoms with Gasteiger partial charge in [-0.25, -0.2) is 4.79 Å². The molecule has 1 aromatic rings. The molecule has 0 amide bonds. The maximum atomic E-state index is 12.3. The van der Waals surface area contributed by atoms with Gasteiger partial charge in [0.25, 0.3) is 0 Å². The molecule has 2 fully saturated rings. The summed E-state index contributed by atoms with van der Waals surface area (Å²) in [6.45, 7) is 2.29.